The molecule has 0 aliphatic heterocycles. The maximum Gasteiger partial charge on any atom is 0.0871 e. The number of rotatable bonds is 4. The Bertz CT molecular complexity index is 563. The Kier molecular flexibility index (Phi) is 5.06. The van der Waals surface area contributed by atoms with E-state index < -0.39 is 6.10 Å². The zero-order valence-electron chi connectivity index (χ0n) is 11.2. The van der Waals surface area contributed by atoms with Gasteiger partial charge >= 0.3 is 0 Å². The molecule has 2 unspecified atom stereocenters. The van der Waals surface area contributed by atoms with Gasteiger partial charge in [-0.3, -0.25) is 0 Å². The summed E-state index contributed by atoms with van der Waals surface area (Å²) in [5, 5.41) is 11.6. The first kappa shape index (κ1) is 15.3. The summed E-state index contributed by atoms with van der Waals surface area (Å²) in [5.41, 5.74) is 8.68. The number of nitrogens with two attached hydrogens (primary N) is 1. The summed E-state index contributed by atoms with van der Waals surface area (Å²) in [6, 6.07) is 13.1. The summed E-state index contributed by atoms with van der Waals surface area (Å²) < 4.78 is 0. The van der Waals surface area contributed by atoms with Crippen molar-refractivity contribution >= 4 is 23.2 Å². The van der Waals surface area contributed by atoms with Crippen molar-refractivity contribution in [1.82, 2.24) is 0 Å². The van der Waals surface area contributed by atoms with Gasteiger partial charge in [0.1, 0.15) is 0 Å². The van der Waals surface area contributed by atoms with Crippen LogP contribution in [0.5, 0.6) is 0 Å². The third-order valence-electron chi connectivity index (χ3n) is 3.37. The highest BCUT2D eigenvalue weighted by molar-refractivity contribution is 6.34. The summed E-state index contributed by atoms with van der Waals surface area (Å²) in [5.74, 6) is -0.190. The number of hydrogen-bond acceptors (Lipinski definition) is 2. The highest BCUT2D eigenvalue weighted by atomic mass is 35.5. The third-order valence-corrected chi connectivity index (χ3v) is 3.80. The van der Waals surface area contributed by atoms with Crippen LogP contribution in [0, 0.1) is 6.92 Å². The van der Waals surface area contributed by atoms with Crippen LogP contribution in [0.1, 0.15) is 28.7 Å². The predicted octanol–water partition coefficient (Wildman–Crippen LogP) is 4.08. The van der Waals surface area contributed by atoms with E-state index in [1.807, 2.05) is 31.2 Å². The summed E-state index contributed by atoms with van der Waals surface area (Å²) in [6.45, 7) is 2.36. The highest BCUT2D eigenvalue weighted by Gasteiger charge is 2.22. The minimum atomic E-state index is -0.737. The van der Waals surface area contributed by atoms with E-state index in [0.29, 0.717) is 22.2 Å². The molecule has 2 rings (SSSR count). The highest BCUT2D eigenvalue weighted by Crippen LogP contribution is 2.33. The maximum atomic E-state index is 10.6. The molecule has 0 heterocycles. The smallest absolute Gasteiger partial charge is 0.0871 e. The lowest BCUT2D eigenvalue weighted by atomic mass is 9.89. The maximum absolute atomic E-state index is 10.6. The van der Waals surface area contributed by atoms with Gasteiger partial charge in [0.15, 0.2) is 0 Å². The Labute approximate surface area is 129 Å². The van der Waals surface area contributed by atoms with Crippen LogP contribution in [0.3, 0.4) is 0 Å². The van der Waals surface area contributed by atoms with E-state index in [9.17, 15) is 5.11 Å². The predicted molar refractivity (Wildman–Crippen MR) is 84.4 cm³/mol. The average molecular weight is 310 g/mol. The number of aliphatic hydroxyl groups is 1. The van der Waals surface area contributed by atoms with Gasteiger partial charge in [-0.05, 0) is 36.2 Å². The normalized spacial score (nSPS) is 14.1. The molecule has 0 aliphatic rings. The van der Waals surface area contributed by atoms with Crippen molar-refractivity contribution in [3.05, 3.63) is 69.2 Å². The molecule has 106 valence electrons. The van der Waals surface area contributed by atoms with E-state index in [0.717, 1.165) is 5.56 Å². The molecule has 0 radical (unpaired) electrons. The van der Waals surface area contributed by atoms with Crippen molar-refractivity contribution in [3.63, 3.8) is 0 Å². The standard InChI is InChI=1S/C16H17Cl2NO/c1-10-2-4-11(5-3-10)15(9-19)16(20)12-6-13(17)8-14(18)7-12/h2-8,15-16,20H,9,19H2,1H3. The van der Waals surface area contributed by atoms with Crippen molar-refractivity contribution in [2.45, 2.75) is 18.9 Å². The molecule has 20 heavy (non-hydrogen) atoms. The molecule has 2 atom stereocenters. The molecule has 0 aromatic heterocycles. The SMILES string of the molecule is Cc1ccc(C(CN)C(O)c2cc(Cl)cc(Cl)c2)cc1. The average Bonchev–Trinajstić information content (AvgIpc) is 2.40. The fourth-order valence-electron chi connectivity index (χ4n) is 2.24. The Hall–Kier alpha value is -1.06. The first-order valence-corrected chi connectivity index (χ1v) is 7.17. The molecule has 4 heteroatoms. The van der Waals surface area contributed by atoms with Gasteiger partial charge < -0.3 is 10.8 Å². The van der Waals surface area contributed by atoms with Crippen LogP contribution in [-0.4, -0.2) is 11.7 Å². The van der Waals surface area contributed by atoms with Gasteiger partial charge in [0.2, 0.25) is 0 Å². The molecule has 2 nitrogen and oxygen atoms in total. The zero-order chi connectivity index (χ0) is 14.7. The lowest BCUT2D eigenvalue weighted by Crippen LogP contribution is -2.20. The molecular formula is C16H17Cl2NO. The molecule has 2 aromatic rings. The van der Waals surface area contributed by atoms with Gasteiger partial charge in [-0.2, -0.15) is 0 Å². The van der Waals surface area contributed by atoms with E-state index >= 15 is 0 Å². The van der Waals surface area contributed by atoms with Gasteiger partial charge in [-0.1, -0.05) is 53.0 Å². The zero-order valence-corrected chi connectivity index (χ0v) is 12.7. The van der Waals surface area contributed by atoms with Gasteiger partial charge in [0.05, 0.1) is 6.10 Å². The van der Waals surface area contributed by atoms with Crippen molar-refractivity contribution in [2.75, 3.05) is 6.54 Å². The van der Waals surface area contributed by atoms with Crippen LogP contribution in [0.25, 0.3) is 0 Å². The van der Waals surface area contributed by atoms with E-state index in [1.165, 1.54) is 5.56 Å². The summed E-state index contributed by atoms with van der Waals surface area (Å²) in [4.78, 5) is 0. The number of benzene rings is 2. The third kappa shape index (κ3) is 3.53. The van der Waals surface area contributed by atoms with Gasteiger partial charge in [-0.25, -0.2) is 0 Å². The van der Waals surface area contributed by atoms with Gasteiger partial charge in [0.25, 0.3) is 0 Å². The molecule has 0 saturated carbocycles. The number of aryl methyl sites for hydroxylation is 1. The van der Waals surface area contributed by atoms with Crippen LogP contribution in [0.4, 0.5) is 0 Å². The first-order chi connectivity index (χ1) is 9.51. The van der Waals surface area contributed by atoms with Crippen molar-refractivity contribution in [1.29, 1.82) is 0 Å². The van der Waals surface area contributed by atoms with Crippen molar-refractivity contribution in [3.8, 4) is 0 Å². The lowest BCUT2D eigenvalue weighted by Gasteiger charge is -2.23. The molecule has 0 spiro atoms. The topological polar surface area (TPSA) is 46.2 Å². The van der Waals surface area contributed by atoms with E-state index in [1.54, 1.807) is 18.2 Å². The van der Waals surface area contributed by atoms with E-state index in [2.05, 4.69) is 0 Å². The molecule has 3 N–H and O–H groups in total. The van der Waals surface area contributed by atoms with Gasteiger partial charge in [-0.15, -0.1) is 0 Å². The fraction of sp³-hybridized carbons (Fsp3) is 0.250. The largest absolute Gasteiger partial charge is 0.388 e. The van der Waals surface area contributed by atoms with Crippen LogP contribution in [-0.2, 0) is 0 Å². The number of halogens is 2. The Morgan fingerprint density at radius 3 is 2.05 bits per heavy atom. The number of aliphatic hydroxyl groups excluding tert-OH is 1. The minimum Gasteiger partial charge on any atom is -0.388 e. The van der Waals surface area contributed by atoms with E-state index in [4.69, 9.17) is 28.9 Å². The quantitative estimate of drug-likeness (QED) is 0.894. The second-order valence-corrected chi connectivity index (χ2v) is 5.77. The molecule has 0 aliphatic carbocycles. The molecule has 0 fully saturated rings. The molecule has 0 saturated heterocycles. The first-order valence-electron chi connectivity index (χ1n) is 6.42. The Morgan fingerprint density at radius 1 is 1.00 bits per heavy atom. The van der Waals surface area contributed by atoms with Crippen molar-refractivity contribution in [2.24, 2.45) is 5.73 Å². The second-order valence-electron chi connectivity index (χ2n) is 4.90. The van der Waals surface area contributed by atoms with Crippen molar-refractivity contribution < 1.29 is 5.11 Å². The van der Waals surface area contributed by atoms with E-state index in [-0.39, 0.29) is 5.92 Å². The summed E-state index contributed by atoms with van der Waals surface area (Å²) >= 11 is 12.0. The van der Waals surface area contributed by atoms with Crippen LogP contribution >= 0.6 is 23.2 Å². The molecule has 2 aromatic carbocycles. The summed E-state index contributed by atoms with van der Waals surface area (Å²) in [6.07, 6.45) is -0.737. The molecule has 0 amide bonds. The summed E-state index contributed by atoms with van der Waals surface area (Å²) in [7, 11) is 0. The van der Waals surface area contributed by atoms with Crippen LogP contribution < -0.4 is 5.73 Å². The van der Waals surface area contributed by atoms with Gasteiger partial charge in [0, 0.05) is 22.5 Å². The monoisotopic (exact) mass is 309 g/mol. The minimum absolute atomic E-state index is 0.190. The molecule has 0 bridgehead atoms. The van der Waals surface area contributed by atoms with Crippen LogP contribution in [0.15, 0.2) is 42.5 Å². The second kappa shape index (κ2) is 6.59. The lowest BCUT2D eigenvalue weighted by molar-refractivity contribution is 0.147. The Morgan fingerprint density at radius 2 is 1.55 bits per heavy atom. The Balaban J connectivity index is 2.33. The van der Waals surface area contributed by atoms with Crippen LogP contribution in [0.2, 0.25) is 10.0 Å². The number of hydrogen-bond donors (Lipinski definition) is 2. The molecular weight excluding hydrogens is 293 g/mol. The fourth-order valence-corrected chi connectivity index (χ4v) is 2.78.